The molecule has 0 bridgehead atoms. The molecule has 142 valence electrons. The lowest BCUT2D eigenvalue weighted by atomic mass is 9.85. The number of aliphatic hydroxyl groups is 2. The van der Waals surface area contributed by atoms with Gasteiger partial charge in [0, 0.05) is 23.1 Å². The van der Waals surface area contributed by atoms with Gasteiger partial charge in [0.25, 0.3) is 5.56 Å². The van der Waals surface area contributed by atoms with E-state index in [9.17, 15) is 19.4 Å². The van der Waals surface area contributed by atoms with E-state index in [1.165, 1.54) is 12.1 Å². The van der Waals surface area contributed by atoms with Crippen LogP contribution in [0.4, 0.5) is 4.39 Å². The molecule has 5 rings (SSSR count). The summed E-state index contributed by atoms with van der Waals surface area (Å²) in [5.74, 6) is -0.690. The first-order valence-electron chi connectivity index (χ1n) is 9.31. The van der Waals surface area contributed by atoms with Crippen LogP contribution in [-0.4, -0.2) is 19.8 Å². The van der Waals surface area contributed by atoms with Crippen molar-refractivity contribution < 1.29 is 14.6 Å². The summed E-state index contributed by atoms with van der Waals surface area (Å²) in [6.45, 7) is 5.56. The summed E-state index contributed by atoms with van der Waals surface area (Å²) in [7, 11) is 0. The Kier molecular flexibility index (Phi) is 3.52. The standard InChI is InChI=1S/C22H19FN2O3/c1-10-13-4-3-5-14-15-9-25-18(6-12(7-19(25)27)22(28)11(2)26)21(15)24-17(20(13)14)8-16(10)23/h6-8,22,26,28H,2-5,9H2,1H3. The summed E-state index contributed by atoms with van der Waals surface area (Å²) < 4.78 is 16.1. The fourth-order valence-corrected chi connectivity index (χ4v) is 4.59. The molecule has 5 nitrogen and oxygen atoms in total. The van der Waals surface area contributed by atoms with E-state index >= 15 is 0 Å². The van der Waals surface area contributed by atoms with Gasteiger partial charge in [0.2, 0.25) is 0 Å². The molecule has 6 heteroatoms. The predicted molar refractivity (Wildman–Crippen MR) is 104 cm³/mol. The van der Waals surface area contributed by atoms with Crippen molar-refractivity contribution in [2.75, 3.05) is 0 Å². The summed E-state index contributed by atoms with van der Waals surface area (Å²) in [6.07, 6.45) is 1.29. The van der Waals surface area contributed by atoms with Crippen molar-refractivity contribution in [3.8, 4) is 11.4 Å². The van der Waals surface area contributed by atoms with Gasteiger partial charge in [-0.05, 0) is 54.5 Å². The van der Waals surface area contributed by atoms with E-state index in [2.05, 4.69) is 6.58 Å². The van der Waals surface area contributed by atoms with E-state index in [0.717, 1.165) is 41.3 Å². The van der Waals surface area contributed by atoms with Gasteiger partial charge in [-0.3, -0.25) is 4.79 Å². The highest BCUT2D eigenvalue weighted by Gasteiger charge is 2.30. The van der Waals surface area contributed by atoms with Gasteiger partial charge in [0.1, 0.15) is 17.7 Å². The molecule has 0 saturated heterocycles. The Bertz CT molecular complexity index is 1260. The van der Waals surface area contributed by atoms with Gasteiger partial charge >= 0.3 is 0 Å². The molecule has 1 aliphatic carbocycles. The van der Waals surface area contributed by atoms with Gasteiger partial charge in [-0.15, -0.1) is 0 Å². The first kappa shape index (κ1) is 17.1. The Morgan fingerprint density at radius 2 is 2.00 bits per heavy atom. The molecule has 1 atom stereocenters. The number of aliphatic hydroxyl groups excluding tert-OH is 2. The second-order valence-corrected chi connectivity index (χ2v) is 7.62. The molecule has 3 aromatic rings. The zero-order valence-electron chi connectivity index (χ0n) is 15.4. The lowest BCUT2D eigenvalue weighted by Gasteiger charge is -2.21. The van der Waals surface area contributed by atoms with Gasteiger partial charge in [-0.2, -0.15) is 0 Å². The Morgan fingerprint density at radius 1 is 1.25 bits per heavy atom. The van der Waals surface area contributed by atoms with Crippen LogP contribution in [0.2, 0.25) is 0 Å². The van der Waals surface area contributed by atoms with E-state index in [1.807, 2.05) is 0 Å². The van der Waals surface area contributed by atoms with E-state index in [0.29, 0.717) is 29.0 Å². The van der Waals surface area contributed by atoms with Crippen LogP contribution < -0.4 is 5.56 Å². The van der Waals surface area contributed by atoms with Crippen molar-refractivity contribution in [3.63, 3.8) is 0 Å². The fourth-order valence-electron chi connectivity index (χ4n) is 4.59. The number of benzene rings is 1. The Labute approximate surface area is 160 Å². The number of halogens is 1. The molecule has 0 fully saturated rings. The second kappa shape index (κ2) is 5.75. The van der Waals surface area contributed by atoms with Gasteiger partial charge in [0.05, 0.1) is 23.4 Å². The highest BCUT2D eigenvalue weighted by Crippen LogP contribution is 2.41. The normalized spacial score (nSPS) is 15.4. The maximum absolute atomic E-state index is 14.5. The smallest absolute Gasteiger partial charge is 0.251 e. The molecule has 0 spiro atoms. The molecule has 1 unspecified atom stereocenters. The number of aromatic nitrogens is 2. The maximum atomic E-state index is 14.5. The average Bonchev–Trinajstić information content (AvgIpc) is 3.04. The van der Waals surface area contributed by atoms with E-state index in [-0.39, 0.29) is 16.9 Å². The van der Waals surface area contributed by atoms with Crippen LogP contribution in [0.1, 0.15) is 40.3 Å². The molecule has 1 aliphatic heterocycles. The van der Waals surface area contributed by atoms with Crippen LogP contribution >= 0.6 is 0 Å². The lowest BCUT2D eigenvalue weighted by Crippen LogP contribution is -2.20. The van der Waals surface area contributed by atoms with Gasteiger partial charge in [0.15, 0.2) is 0 Å². The zero-order valence-corrected chi connectivity index (χ0v) is 15.4. The number of hydrogen-bond acceptors (Lipinski definition) is 4. The molecule has 0 radical (unpaired) electrons. The first-order chi connectivity index (χ1) is 13.4. The number of rotatable bonds is 2. The number of nitrogens with zero attached hydrogens (tertiary/aromatic N) is 2. The van der Waals surface area contributed by atoms with Gasteiger partial charge < -0.3 is 14.8 Å². The largest absolute Gasteiger partial charge is 0.510 e. The lowest BCUT2D eigenvalue weighted by molar-refractivity contribution is 0.156. The van der Waals surface area contributed by atoms with Crippen molar-refractivity contribution >= 4 is 10.9 Å². The summed E-state index contributed by atoms with van der Waals surface area (Å²) in [5, 5.41) is 20.7. The monoisotopic (exact) mass is 378 g/mol. The third-order valence-electron chi connectivity index (χ3n) is 6.01. The van der Waals surface area contributed by atoms with Gasteiger partial charge in [-0.1, -0.05) is 6.58 Å². The minimum Gasteiger partial charge on any atom is -0.510 e. The van der Waals surface area contributed by atoms with Crippen LogP contribution in [0.25, 0.3) is 22.3 Å². The van der Waals surface area contributed by atoms with Crippen molar-refractivity contribution in [3.05, 3.63) is 74.5 Å². The molecule has 2 aliphatic rings. The minimum absolute atomic E-state index is 0.265. The topological polar surface area (TPSA) is 75.3 Å². The fraction of sp³-hybridized carbons (Fsp3) is 0.273. The molecule has 0 saturated carbocycles. The van der Waals surface area contributed by atoms with Crippen LogP contribution in [0.5, 0.6) is 0 Å². The van der Waals surface area contributed by atoms with E-state index in [4.69, 9.17) is 4.98 Å². The van der Waals surface area contributed by atoms with Crippen LogP contribution in [0, 0.1) is 12.7 Å². The Morgan fingerprint density at radius 3 is 2.75 bits per heavy atom. The first-order valence-corrected chi connectivity index (χ1v) is 9.31. The van der Waals surface area contributed by atoms with Gasteiger partial charge in [-0.25, -0.2) is 9.37 Å². The van der Waals surface area contributed by atoms with Crippen molar-refractivity contribution in [2.24, 2.45) is 0 Å². The number of aryl methyl sites for hydroxylation is 2. The minimum atomic E-state index is -1.34. The van der Waals surface area contributed by atoms with E-state index in [1.54, 1.807) is 17.6 Å². The summed E-state index contributed by atoms with van der Waals surface area (Å²) >= 11 is 0. The number of pyridine rings is 2. The highest BCUT2D eigenvalue weighted by atomic mass is 19.1. The Hall–Kier alpha value is -2.99. The predicted octanol–water partition coefficient (Wildman–Crippen LogP) is 3.47. The maximum Gasteiger partial charge on any atom is 0.251 e. The highest BCUT2D eigenvalue weighted by molar-refractivity contribution is 5.92. The Balaban J connectivity index is 1.83. The molecule has 0 amide bonds. The third kappa shape index (κ3) is 2.21. The quantitative estimate of drug-likeness (QED) is 0.524. The van der Waals surface area contributed by atoms with Crippen molar-refractivity contribution in [1.29, 1.82) is 0 Å². The average molecular weight is 378 g/mol. The number of hydrogen-bond donors (Lipinski definition) is 2. The molecular formula is C22H19FN2O3. The molecule has 2 aromatic heterocycles. The molecule has 2 N–H and O–H groups in total. The number of fused-ring (bicyclic) bond motifs is 4. The second-order valence-electron chi connectivity index (χ2n) is 7.62. The van der Waals surface area contributed by atoms with E-state index < -0.39 is 11.9 Å². The SMILES string of the molecule is C=C(O)C(O)c1cc2n(c(=O)c1)Cc1c-2nc2cc(F)c(C)c3c2c1CCC3. The van der Waals surface area contributed by atoms with Crippen LogP contribution in [0.3, 0.4) is 0 Å². The molecular weight excluding hydrogens is 359 g/mol. The third-order valence-corrected chi connectivity index (χ3v) is 6.01. The summed E-state index contributed by atoms with van der Waals surface area (Å²) in [5.41, 5.74) is 5.63. The summed E-state index contributed by atoms with van der Waals surface area (Å²) in [6, 6.07) is 4.43. The molecule has 3 heterocycles. The molecule has 1 aromatic carbocycles. The van der Waals surface area contributed by atoms with Crippen LogP contribution in [0.15, 0.2) is 35.3 Å². The molecule has 28 heavy (non-hydrogen) atoms. The summed E-state index contributed by atoms with van der Waals surface area (Å²) in [4.78, 5) is 17.4. The van der Waals surface area contributed by atoms with Crippen molar-refractivity contribution in [2.45, 2.75) is 38.8 Å². The van der Waals surface area contributed by atoms with Crippen LogP contribution in [-0.2, 0) is 19.4 Å². The van der Waals surface area contributed by atoms with Crippen molar-refractivity contribution in [1.82, 2.24) is 9.55 Å². The zero-order chi connectivity index (χ0) is 19.7.